The molecule has 1 unspecified atom stereocenters. The van der Waals surface area contributed by atoms with Crippen molar-refractivity contribution in [2.45, 2.75) is 39.3 Å². The van der Waals surface area contributed by atoms with Crippen LogP contribution in [-0.4, -0.2) is 22.1 Å². The van der Waals surface area contributed by atoms with E-state index in [4.69, 9.17) is 21.3 Å². The van der Waals surface area contributed by atoms with E-state index in [-0.39, 0.29) is 17.9 Å². The largest absolute Gasteiger partial charge is 0.492 e. The van der Waals surface area contributed by atoms with Crippen molar-refractivity contribution >= 4 is 28.5 Å². The summed E-state index contributed by atoms with van der Waals surface area (Å²) in [6.07, 6.45) is 1.98. The van der Waals surface area contributed by atoms with Crippen molar-refractivity contribution in [2.24, 2.45) is 5.92 Å². The first-order valence-corrected chi connectivity index (χ1v) is 10.0. The normalized spacial score (nSPS) is 14.8. The van der Waals surface area contributed by atoms with Crippen LogP contribution in [0.3, 0.4) is 0 Å². The molecule has 1 N–H and O–H groups in total. The van der Waals surface area contributed by atoms with Gasteiger partial charge in [0.05, 0.1) is 23.6 Å². The molecular formula is C22H24ClN3O2. The maximum Gasteiger partial charge on any atom is 0.223 e. The van der Waals surface area contributed by atoms with E-state index < -0.39 is 0 Å². The van der Waals surface area contributed by atoms with Gasteiger partial charge < -0.3 is 14.6 Å². The van der Waals surface area contributed by atoms with Gasteiger partial charge in [-0.1, -0.05) is 23.7 Å². The van der Waals surface area contributed by atoms with Crippen molar-refractivity contribution in [1.82, 2.24) is 14.9 Å². The SMILES string of the molecule is Cc1cc(OCCn2c(C(C)NC(=O)C3CC3)nc3ccccc32)ccc1Cl. The molecule has 1 aromatic heterocycles. The first-order chi connectivity index (χ1) is 13.5. The standard InChI is InChI=1S/C22H24ClN3O2/c1-14-13-17(9-10-18(14)23)28-12-11-26-20-6-4-3-5-19(20)25-21(26)15(2)24-22(27)16-7-8-16/h3-6,9-10,13,15-16H,7-8,11-12H2,1-2H3,(H,24,27). The molecule has 0 spiro atoms. The summed E-state index contributed by atoms with van der Waals surface area (Å²) in [5.41, 5.74) is 2.96. The summed E-state index contributed by atoms with van der Waals surface area (Å²) in [5, 5.41) is 3.84. The van der Waals surface area contributed by atoms with E-state index in [2.05, 4.69) is 9.88 Å². The van der Waals surface area contributed by atoms with Crippen LogP contribution >= 0.6 is 11.6 Å². The van der Waals surface area contributed by atoms with Gasteiger partial charge in [-0.05, 0) is 62.6 Å². The lowest BCUT2D eigenvalue weighted by molar-refractivity contribution is -0.123. The molecule has 0 saturated heterocycles. The van der Waals surface area contributed by atoms with Gasteiger partial charge in [0.15, 0.2) is 0 Å². The molecule has 28 heavy (non-hydrogen) atoms. The molecule has 0 radical (unpaired) electrons. The zero-order valence-electron chi connectivity index (χ0n) is 16.1. The molecule has 1 heterocycles. The number of aryl methyl sites for hydroxylation is 1. The van der Waals surface area contributed by atoms with Crippen molar-refractivity contribution < 1.29 is 9.53 Å². The van der Waals surface area contributed by atoms with Crippen LogP contribution in [0.4, 0.5) is 0 Å². The Kier molecular flexibility index (Phi) is 5.27. The Bertz CT molecular complexity index is 1010. The molecule has 0 aliphatic heterocycles. The fourth-order valence-corrected chi connectivity index (χ4v) is 3.48. The highest BCUT2D eigenvalue weighted by atomic mass is 35.5. The molecule has 1 atom stereocenters. The lowest BCUT2D eigenvalue weighted by Crippen LogP contribution is -2.30. The number of carbonyl (C=O) groups is 1. The Morgan fingerprint density at radius 1 is 1.32 bits per heavy atom. The summed E-state index contributed by atoms with van der Waals surface area (Å²) < 4.78 is 8.07. The van der Waals surface area contributed by atoms with Crippen molar-refractivity contribution in [2.75, 3.05) is 6.61 Å². The number of halogens is 1. The Hall–Kier alpha value is -2.53. The van der Waals surface area contributed by atoms with Crippen LogP contribution in [0.25, 0.3) is 11.0 Å². The average molecular weight is 398 g/mol. The van der Waals surface area contributed by atoms with Crippen molar-refractivity contribution in [1.29, 1.82) is 0 Å². The average Bonchev–Trinajstić information content (AvgIpc) is 3.47. The number of carbonyl (C=O) groups excluding carboxylic acids is 1. The first-order valence-electron chi connectivity index (χ1n) is 9.67. The van der Waals surface area contributed by atoms with E-state index in [1.807, 2.05) is 56.3 Å². The summed E-state index contributed by atoms with van der Waals surface area (Å²) in [6, 6.07) is 13.5. The number of rotatable bonds is 7. The number of benzene rings is 2. The zero-order valence-corrected chi connectivity index (χ0v) is 16.9. The van der Waals surface area contributed by atoms with Crippen LogP contribution in [0.15, 0.2) is 42.5 Å². The van der Waals surface area contributed by atoms with Crippen LogP contribution in [0.5, 0.6) is 5.75 Å². The van der Waals surface area contributed by atoms with Gasteiger partial charge in [0.1, 0.15) is 18.2 Å². The van der Waals surface area contributed by atoms with E-state index in [0.717, 1.165) is 46.0 Å². The second-order valence-electron chi connectivity index (χ2n) is 7.37. The van der Waals surface area contributed by atoms with Crippen LogP contribution in [0, 0.1) is 12.8 Å². The second kappa shape index (κ2) is 7.84. The number of imidazole rings is 1. The Morgan fingerprint density at radius 3 is 2.86 bits per heavy atom. The quantitative estimate of drug-likeness (QED) is 0.630. The highest BCUT2D eigenvalue weighted by molar-refractivity contribution is 6.31. The van der Waals surface area contributed by atoms with E-state index in [0.29, 0.717) is 13.2 Å². The molecule has 3 aromatic rings. The molecule has 5 nitrogen and oxygen atoms in total. The predicted molar refractivity (Wildman–Crippen MR) is 111 cm³/mol. The Morgan fingerprint density at radius 2 is 2.11 bits per heavy atom. The van der Waals surface area contributed by atoms with Gasteiger partial charge in [0.25, 0.3) is 0 Å². The van der Waals surface area contributed by atoms with Crippen molar-refractivity contribution in [3.05, 3.63) is 58.9 Å². The summed E-state index contributed by atoms with van der Waals surface area (Å²) in [7, 11) is 0. The minimum atomic E-state index is -0.154. The third kappa shape index (κ3) is 3.99. The highest BCUT2D eigenvalue weighted by Gasteiger charge is 2.31. The minimum Gasteiger partial charge on any atom is -0.492 e. The number of ether oxygens (including phenoxy) is 1. The van der Waals surface area contributed by atoms with Gasteiger partial charge in [-0.15, -0.1) is 0 Å². The van der Waals surface area contributed by atoms with Gasteiger partial charge >= 0.3 is 0 Å². The van der Waals surface area contributed by atoms with E-state index in [9.17, 15) is 4.79 Å². The number of nitrogens with one attached hydrogen (secondary N) is 1. The highest BCUT2D eigenvalue weighted by Crippen LogP contribution is 2.30. The summed E-state index contributed by atoms with van der Waals surface area (Å²) in [6.45, 7) is 5.08. The van der Waals surface area contributed by atoms with Crippen molar-refractivity contribution in [3.8, 4) is 5.75 Å². The molecule has 1 amide bonds. The van der Waals surface area contributed by atoms with E-state index >= 15 is 0 Å². The molecule has 146 valence electrons. The lowest BCUT2D eigenvalue weighted by Gasteiger charge is -2.17. The molecule has 1 saturated carbocycles. The number of nitrogens with zero attached hydrogens (tertiary/aromatic N) is 2. The molecule has 2 aromatic carbocycles. The monoisotopic (exact) mass is 397 g/mol. The maximum atomic E-state index is 12.2. The molecule has 4 rings (SSSR count). The molecule has 0 bridgehead atoms. The fraction of sp³-hybridized carbons (Fsp3) is 0.364. The summed E-state index contributed by atoms with van der Waals surface area (Å²) >= 11 is 6.08. The Labute approximate surface area is 169 Å². The topological polar surface area (TPSA) is 56.1 Å². The summed E-state index contributed by atoms with van der Waals surface area (Å²) in [5.74, 6) is 1.95. The molecule has 6 heteroatoms. The third-order valence-corrected chi connectivity index (χ3v) is 5.52. The van der Waals surface area contributed by atoms with Gasteiger partial charge in [-0.3, -0.25) is 4.79 Å². The van der Waals surface area contributed by atoms with Gasteiger partial charge in [0.2, 0.25) is 5.91 Å². The maximum absolute atomic E-state index is 12.2. The molecule has 1 aliphatic rings. The van der Waals surface area contributed by atoms with Gasteiger partial charge in [0, 0.05) is 10.9 Å². The van der Waals surface area contributed by atoms with E-state index in [1.165, 1.54) is 0 Å². The minimum absolute atomic E-state index is 0.124. The molecule has 1 aliphatic carbocycles. The van der Waals surface area contributed by atoms with Crippen LogP contribution in [0.1, 0.15) is 37.2 Å². The predicted octanol–water partition coefficient (Wildman–Crippen LogP) is 4.66. The lowest BCUT2D eigenvalue weighted by atomic mass is 10.2. The number of hydrogen-bond donors (Lipinski definition) is 1. The number of amides is 1. The smallest absolute Gasteiger partial charge is 0.223 e. The van der Waals surface area contributed by atoms with Crippen LogP contribution in [0.2, 0.25) is 5.02 Å². The number of para-hydroxylation sites is 2. The Balaban J connectivity index is 1.52. The number of fused-ring (bicyclic) bond motifs is 1. The first kappa shape index (κ1) is 18.8. The fourth-order valence-electron chi connectivity index (χ4n) is 3.36. The van der Waals surface area contributed by atoms with E-state index in [1.54, 1.807) is 0 Å². The summed E-state index contributed by atoms with van der Waals surface area (Å²) in [4.78, 5) is 17.0. The van der Waals surface area contributed by atoms with Crippen molar-refractivity contribution in [3.63, 3.8) is 0 Å². The number of hydrogen-bond acceptors (Lipinski definition) is 3. The number of aromatic nitrogens is 2. The third-order valence-electron chi connectivity index (χ3n) is 5.09. The molecule has 1 fully saturated rings. The van der Waals surface area contributed by atoms with Crippen LogP contribution < -0.4 is 10.1 Å². The van der Waals surface area contributed by atoms with Gasteiger partial charge in [-0.25, -0.2) is 4.98 Å². The zero-order chi connectivity index (χ0) is 19.7. The molecular weight excluding hydrogens is 374 g/mol. The van der Waals surface area contributed by atoms with Gasteiger partial charge in [-0.2, -0.15) is 0 Å². The second-order valence-corrected chi connectivity index (χ2v) is 7.78. The van der Waals surface area contributed by atoms with Crippen LogP contribution in [-0.2, 0) is 11.3 Å².